The number of rotatable bonds is 8. The third-order valence-electron chi connectivity index (χ3n) is 3.95. The Morgan fingerprint density at radius 3 is 2.37 bits per heavy atom. The highest BCUT2D eigenvalue weighted by Gasteiger charge is 2.23. The zero-order valence-electron chi connectivity index (χ0n) is 15.2. The van der Waals surface area contributed by atoms with E-state index in [2.05, 4.69) is 17.4 Å². The summed E-state index contributed by atoms with van der Waals surface area (Å²) in [5, 5.41) is 3.31. The number of nitrogens with zero attached hydrogens (tertiary/aromatic N) is 1. The van der Waals surface area contributed by atoms with Gasteiger partial charge in [0.05, 0.1) is 17.0 Å². The normalized spacial score (nSPS) is 11.3. The lowest BCUT2D eigenvalue weighted by atomic mass is 10.1. The maximum atomic E-state index is 12.2. The van der Waals surface area contributed by atoms with Crippen molar-refractivity contribution in [3.05, 3.63) is 63.6 Å². The molecule has 1 N–H and O–H groups in total. The van der Waals surface area contributed by atoms with Crippen molar-refractivity contribution in [3.63, 3.8) is 0 Å². The van der Waals surface area contributed by atoms with Crippen LogP contribution in [0.4, 0.5) is 5.69 Å². The first kappa shape index (κ1) is 21.5. The first-order chi connectivity index (χ1) is 12.7. The summed E-state index contributed by atoms with van der Waals surface area (Å²) in [7, 11) is -3.68. The van der Waals surface area contributed by atoms with Crippen molar-refractivity contribution in [1.29, 1.82) is 0 Å². The van der Waals surface area contributed by atoms with Gasteiger partial charge in [0.1, 0.15) is 6.54 Å². The number of amides is 1. The molecule has 0 atom stereocenters. The molecule has 0 spiro atoms. The first-order valence-corrected chi connectivity index (χ1v) is 11.0. The highest BCUT2D eigenvalue weighted by molar-refractivity contribution is 7.92. The molecule has 0 fully saturated rings. The molecule has 0 unspecified atom stereocenters. The van der Waals surface area contributed by atoms with E-state index >= 15 is 0 Å². The molecule has 5 nitrogen and oxygen atoms in total. The van der Waals surface area contributed by atoms with Crippen LogP contribution >= 0.6 is 23.2 Å². The molecule has 8 heteroatoms. The summed E-state index contributed by atoms with van der Waals surface area (Å²) >= 11 is 12.0. The Hall–Kier alpha value is -1.76. The van der Waals surface area contributed by atoms with Gasteiger partial charge in [-0.2, -0.15) is 0 Å². The molecular weight excluding hydrogens is 407 g/mol. The molecule has 0 bridgehead atoms. The van der Waals surface area contributed by atoms with Crippen molar-refractivity contribution in [2.24, 2.45) is 0 Å². The van der Waals surface area contributed by atoms with Gasteiger partial charge in [0, 0.05) is 11.6 Å². The molecule has 0 aliphatic rings. The second kappa shape index (κ2) is 9.44. The van der Waals surface area contributed by atoms with Crippen LogP contribution in [0.25, 0.3) is 0 Å². The molecule has 2 rings (SSSR count). The monoisotopic (exact) mass is 428 g/mol. The van der Waals surface area contributed by atoms with Crippen LogP contribution in [0.1, 0.15) is 17.5 Å². The summed E-state index contributed by atoms with van der Waals surface area (Å²) < 4.78 is 25.2. The number of anilines is 1. The smallest absolute Gasteiger partial charge is 0.240 e. The van der Waals surface area contributed by atoms with Crippen molar-refractivity contribution in [2.75, 3.05) is 23.7 Å². The molecule has 0 radical (unpaired) electrons. The average Bonchev–Trinajstić information content (AvgIpc) is 2.58. The summed E-state index contributed by atoms with van der Waals surface area (Å²) in [6.07, 6.45) is 2.62. The number of halogens is 2. The molecule has 2 aromatic rings. The minimum absolute atomic E-state index is 0.167. The molecule has 0 aromatic heterocycles. The molecular formula is C19H22Cl2N2O3S. The Morgan fingerprint density at radius 2 is 1.78 bits per heavy atom. The van der Waals surface area contributed by atoms with Crippen LogP contribution < -0.4 is 9.62 Å². The van der Waals surface area contributed by atoms with Gasteiger partial charge in [-0.25, -0.2) is 8.42 Å². The Labute approximate surface area is 170 Å². The van der Waals surface area contributed by atoms with Gasteiger partial charge in [-0.1, -0.05) is 53.0 Å². The summed E-state index contributed by atoms with van der Waals surface area (Å²) in [5.41, 5.74) is 2.62. The fraction of sp³-hybridized carbons (Fsp3) is 0.316. The van der Waals surface area contributed by atoms with Crippen LogP contribution in [0.5, 0.6) is 0 Å². The lowest BCUT2D eigenvalue weighted by Crippen LogP contribution is -2.40. The molecule has 0 saturated carbocycles. The van der Waals surface area contributed by atoms with E-state index in [1.807, 2.05) is 19.1 Å². The quantitative estimate of drug-likeness (QED) is 0.649. The van der Waals surface area contributed by atoms with Crippen molar-refractivity contribution < 1.29 is 13.2 Å². The number of sulfonamides is 1. The number of carbonyl (C=O) groups excluding carboxylic acids is 1. The highest BCUT2D eigenvalue weighted by Crippen LogP contribution is 2.30. The van der Waals surface area contributed by atoms with E-state index in [4.69, 9.17) is 23.2 Å². The Bertz CT molecular complexity index is 900. The van der Waals surface area contributed by atoms with Crippen LogP contribution in [-0.2, 0) is 21.2 Å². The predicted octanol–water partition coefficient (Wildman–Crippen LogP) is 3.82. The zero-order valence-corrected chi connectivity index (χ0v) is 17.5. The fourth-order valence-corrected chi connectivity index (χ4v) is 3.95. The standard InChI is InChI=1S/C19H22Cl2N2O3S/c1-14-5-7-15(8-6-14)4-3-11-22-19(24)13-23(27(2,25)26)18-10-9-16(20)12-17(18)21/h5-10,12H,3-4,11,13H2,1-2H3,(H,22,24). The number of hydrogen-bond donors (Lipinski definition) is 1. The minimum Gasteiger partial charge on any atom is -0.355 e. The van der Waals surface area contributed by atoms with Crippen LogP contribution in [0.3, 0.4) is 0 Å². The summed E-state index contributed by atoms with van der Waals surface area (Å²) in [4.78, 5) is 12.2. The predicted molar refractivity (Wildman–Crippen MR) is 111 cm³/mol. The summed E-state index contributed by atoms with van der Waals surface area (Å²) in [6.45, 7) is 2.15. The van der Waals surface area contributed by atoms with Crippen LogP contribution in [-0.4, -0.2) is 33.7 Å². The SMILES string of the molecule is Cc1ccc(CCCNC(=O)CN(c2ccc(Cl)cc2Cl)S(C)(=O)=O)cc1. The first-order valence-electron chi connectivity index (χ1n) is 8.42. The lowest BCUT2D eigenvalue weighted by Gasteiger charge is -2.23. The third-order valence-corrected chi connectivity index (χ3v) is 5.62. The van der Waals surface area contributed by atoms with E-state index in [1.54, 1.807) is 0 Å². The Kier molecular flexibility index (Phi) is 7.53. The van der Waals surface area contributed by atoms with Crippen LogP contribution in [0.2, 0.25) is 10.0 Å². The van der Waals surface area contributed by atoms with E-state index in [0.717, 1.165) is 23.4 Å². The molecule has 146 valence electrons. The van der Waals surface area contributed by atoms with E-state index in [0.29, 0.717) is 11.6 Å². The van der Waals surface area contributed by atoms with Gasteiger partial charge >= 0.3 is 0 Å². The minimum atomic E-state index is -3.68. The maximum absolute atomic E-state index is 12.2. The van der Waals surface area contributed by atoms with Gasteiger partial charge in [0.2, 0.25) is 15.9 Å². The van der Waals surface area contributed by atoms with Gasteiger partial charge in [-0.15, -0.1) is 0 Å². The molecule has 1 amide bonds. The number of carbonyl (C=O) groups is 1. The second-order valence-corrected chi connectivity index (χ2v) is 9.05. The number of benzene rings is 2. The lowest BCUT2D eigenvalue weighted by molar-refractivity contribution is -0.119. The summed E-state index contributed by atoms with van der Waals surface area (Å²) in [5.74, 6) is -0.393. The fourth-order valence-electron chi connectivity index (χ4n) is 2.53. The van der Waals surface area contributed by atoms with E-state index < -0.39 is 15.9 Å². The zero-order chi connectivity index (χ0) is 20.0. The number of aryl methyl sites for hydroxylation is 2. The Balaban J connectivity index is 1.93. The van der Waals surface area contributed by atoms with Crippen LogP contribution in [0, 0.1) is 6.92 Å². The second-order valence-electron chi connectivity index (χ2n) is 6.30. The molecule has 27 heavy (non-hydrogen) atoms. The molecule has 0 saturated heterocycles. The molecule has 2 aromatic carbocycles. The molecule has 0 heterocycles. The molecule has 0 aliphatic heterocycles. The molecule has 0 aliphatic carbocycles. The van der Waals surface area contributed by atoms with Gasteiger partial charge in [-0.05, 0) is 43.5 Å². The van der Waals surface area contributed by atoms with Crippen molar-refractivity contribution >= 4 is 44.8 Å². The number of hydrogen-bond acceptors (Lipinski definition) is 3. The van der Waals surface area contributed by atoms with Crippen molar-refractivity contribution in [3.8, 4) is 0 Å². The largest absolute Gasteiger partial charge is 0.355 e. The van der Waals surface area contributed by atoms with E-state index in [1.165, 1.54) is 29.3 Å². The van der Waals surface area contributed by atoms with Gasteiger partial charge in [0.25, 0.3) is 0 Å². The van der Waals surface area contributed by atoms with Crippen molar-refractivity contribution in [1.82, 2.24) is 5.32 Å². The third kappa shape index (κ3) is 6.72. The Morgan fingerprint density at radius 1 is 1.11 bits per heavy atom. The highest BCUT2D eigenvalue weighted by atomic mass is 35.5. The van der Waals surface area contributed by atoms with Crippen molar-refractivity contribution in [2.45, 2.75) is 19.8 Å². The van der Waals surface area contributed by atoms with Gasteiger partial charge in [0.15, 0.2) is 0 Å². The van der Waals surface area contributed by atoms with Gasteiger partial charge in [-0.3, -0.25) is 9.10 Å². The van der Waals surface area contributed by atoms with E-state index in [-0.39, 0.29) is 17.3 Å². The summed E-state index contributed by atoms with van der Waals surface area (Å²) in [6, 6.07) is 12.7. The maximum Gasteiger partial charge on any atom is 0.240 e. The number of nitrogens with one attached hydrogen (secondary N) is 1. The van der Waals surface area contributed by atoms with Gasteiger partial charge < -0.3 is 5.32 Å². The average molecular weight is 429 g/mol. The topological polar surface area (TPSA) is 66.5 Å². The van der Waals surface area contributed by atoms with E-state index in [9.17, 15) is 13.2 Å². The van der Waals surface area contributed by atoms with Crippen LogP contribution in [0.15, 0.2) is 42.5 Å².